The summed E-state index contributed by atoms with van der Waals surface area (Å²) >= 11 is 2.85. The molecular weight excluding hydrogens is 458 g/mol. The number of aromatic nitrogens is 2. The van der Waals surface area contributed by atoms with E-state index in [9.17, 15) is 9.59 Å². The van der Waals surface area contributed by atoms with Gasteiger partial charge in [-0.1, -0.05) is 30.8 Å². The van der Waals surface area contributed by atoms with Crippen molar-refractivity contribution in [3.05, 3.63) is 50.6 Å². The predicted molar refractivity (Wildman–Crippen MR) is 133 cm³/mol. The Hall–Kier alpha value is -2.36. The summed E-state index contributed by atoms with van der Waals surface area (Å²) < 4.78 is 12.7. The molecule has 176 valence electrons. The molecule has 1 unspecified atom stereocenters. The molecule has 4 rings (SSSR count). The minimum Gasteiger partial charge on any atom is -0.497 e. The van der Waals surface area contributed by atoms with Gasteiger partial charge in [0.1, 0.15) is 10.6 Å². The van der Waals surface area contributed by atoms with Crippen LogP contribution in [0.5, 0.6) is 5.75 Å². The summed E-state index contributed by atoms with van der Waals surface area (Å²) in [6, 6.07) is 7.60. The predicted octanol–water partition coefficient (Wildman–Crippen LogP) is 3.92. The number of amides is 1. The monoisotopic (exact) mass is 487 g/mol. The molecule has 1 N–H and O–H groups in total. The third-order valence-electron chi connectivity index (χ3n) is 5.80. The molecule has 0 saturated carbocycles. The molecule has 0 radical (unpaired) electrons. The first-order valence-electron chi connectivity index (χ1n) is 11.2. The Morgan fingerprint density at radius 2 is 2.27 bits per heavy atom. The lowest BCUT2D eigenvalue weighted by Gasteiger charge is -2.16. The van der Waals surface area contributed by atoms with E-state index in [0.29, 0.717) is 23.6 Å². The minimum absolute atomic E-state index is 0.00740. The normalized spacial score (nSPS) is 15.8. The number of aryl methyl sites for hydroxylation is 2. The van der Waals surface area contributed by atoms with E-state index in [4.69, 9.17) is 14.5 Å². The first-order chi connectivity index (χ1) is 16.0. The summed E-state index contributed by atoms with van der Waals surface area (Å²) in [5.74, 6) is 0.820. The molecule has 0 spiro atoms. The van der Waals surface area contributed by atoms with E-state index in [1.165, 1.54) is 11.8 Å². The van der Waals surface area contributed by atoms with Crippen molar-refractivity contribution < 1.29 is 14.3 Å². The van der Waals surface area contributed by atoms with Crippen LogP contribution in [0.3, 0.4) is 0 Å². The van der Waals surface area contributed by atoms with E-state index >= 15 is 0 Å². The van der Waals surface area contributed by atoms with E-state index in [0.717, 1.165) is 52.5 Å². The van der Waals surface area contributed by atoms with Crippen LogP contribution in [0, 0.1) is 6.92 Å². The third kappa shape index (κ3) is 5.42. The van der Waals surface area contributed by atoms with E-state index in [-0.39, 0.29) is 23.3 Å². The van der Waals surface area contributed by atoms with Crippen LogP contribution in [-0.4, -0.2) is 41.0 Å². The van der Waals surface area contributed by atoms with Crippen molar-refractivity contribution in [3.63, 3.8) is 0 Å². The lowest BCUT2D eigenvalue weighted by Crippen LogP contribution is -2.30. The topological polar surface area (TPSA) is 82.4 Å². The average molecular weight is 488 g/mol. The number of benzene rings is 1. The number of thiophene rings is 1. The number of hydrogen-bond acceptors (Lipinski definition) is 7. The second-order valence-corrected chi connectivity index (χ2v) is 10.2. The van der Waals surface area contributed by atoms with Crippen LogP contribution in [0.1, 0.15) is 35.8 Å². The Balaban J connectivity index is 1.52. The molecule has 1 atom stereocenters. The number of rotatable bonds is 9. The van der Waals surface area contributed by atoms with Crippen LogP contribution < -0.4 is 15.6 Å². The SMILES string of the molecule is CCc1c(C)sc2nc(SCC(=O)NCc3cccc(OC)c3)n(CC3CCCO3)c(=O)c12. The number of carbonyl (C=O) groups is 1. The van der Waals surface area contributed by atoms with Gasteiger partial charge in [0.15, 0.2) is 5.16 Å². The summed E-state index contributed by atoms with van der Waals surface area (Å²) in [4.78, 5) is 32.7. The highest BCUT2D eigenvalue weighted by Gasteiger charge is 2.23. The second kappa shape index (κ2) is 10.7. The summed E-state index contributed by atoms with van der Waals surface area (Å²) in [7, 11) is 1.62. The molecule has 1 fully saturated rings. The number of ether oxygens (including phenoxy) is 2. The van der Waals surface area contributed by atoms with Crippen LogP contribution in [0.2, 0.25) is 0 Å². The number of thioether (sulfide) groups is 1. The average Bonchev–Trinajstić information content (AvgIpc) is 3.45. The smallest absolute Gasteiger partial charge is 0.263 e. The molecule has 3 aromatic rings. The lowest BCUT2D eigenvalue weighted by atomic mass is 10.1. The molecule has 2 aromatic heterocycles. The molecule has 7 nitrogen and oxygen atoms in total. The van der Waals surface area contributed by atoms with Crippen LogP contribution in [0.4, 0.5) is 0 Å². The van der Waals surface area contributed by atoms with Gasteiger partial charge in [0.25, 0.3) is 5.56 Å². The number of carbonyl (C=O) groups excluding carboxylic acids is 1. The summed E-state index contributed by atoms with van der Waals surface area (Å²) in [5, 5.41) is 4.22. The van der Waals surface area contributed by atoms with E-state index in [2.05, 4.69) is 12.2 Å². The van der Waals surface area contributed by atoms with Crippen LogP contribution in [0.15, 0.2) is 34.2 Å². The molecule has 9 heteroatoms. The highest BCUT2D eigenvalue weighted by Crippen LogP contribution is 2.30. The van der Waals surface area contributed by atoms with Gasteiger partial charge in [-0.3, -0.25) is 14.2 Å². The number of hydrogen-bond donors (Lipinski definition) is 1. The van der Waals surface area contributed by atoms with Crippen molar-refractivity contribution in [1.29, 1.82) is 0 Å². The molecule has 33 heavy (non-hydrogen) atoms. The van der Waals surface area contributed by atoms with Gasteiger partial charge in [-0.2, -0.15) is 0 Å². The van der Waals surface area contributed by atoms with E-state index in [1.54, 1.807) is 23.0 Å². The maximum atomic E-state index is 13.5. The number of fused-ring (bicyclic) bond motifs is 1. The van der Waals surface area contributed by atoms with Crippen molar-refractivity contribution in [3.8, 4) is 5.75 Å². The maximum absolute atomic E-state index is 13.5. The van der Waals surface area contributed by atoms with Crippen molar-refractivity contribution in [2.24, 2.45) is 0 Å². The van der Waals surface area contributed by atoms with Gasteiger partial charge in [-0.05, 0) is 49.4 Å². The summed E-state index contributed by atoms with van der Waals surface area (Å²) in [6.07, 6.45) is 2.73. The maximum Gasteiger partial charge on any atom is 0.263 e. The summed E-state index contributed by atoms with van der Waals surface area (Å²) in [5.41, 5.74) is 2.00. The quantitative estimate of drug-likeness (QED) is 0.364. The van der Waals surface area contributed by atoms with Crippen molar-refractivity contribution in [1.82, 2.24) is 14.9 Å². The first kappa shape index (κ1) is 23.8. The highest BCUT2D eigenvalue weighted by atomic mass is 32.2. The van der Waals surface area contributed by atoms with Gasteiger partial charge in [0.2, 0.25) is 5.91 Å². The fourth-order valence-corrected chi connectivity index (χ4v) is 6.08. The molecular formula is C24H29N3O4S2. The lowest BCUT2D eigenvalue weighted by molar-refractivity contribution is -0.118. The molecule has 0 aliphatic carbocycles. The second-order valence-electron chi connectivity index (χ2n) is 8.03. The Labute approximate surface area is 201 Å². The first-order valence-corrected chi connectivity index (χ1v) is 13.0. The molecule has 1 amide bonds. The van der Waals surface area contributed by atoms with Gasteiger partial charge in [-0.25, -0.2) is 4.98 Å². The third-order valence-corrected chi connectivity index (χ3v) is 7.82. The number of nitrogens with one attached hydrogen (secondary N) is 1. The number of nitrogens with zero attached hydrogens (tertiary/aromatic N) is 2. The fraction of sp³-hybridized carbons (Fsp3) is 0.458. The Bertz CT molecular complexity index is 1200. The highest BCUT2D eigenvalue weighted by molar-refractivity contribution is 7.99. The fourth-order valence-electron chi connectivity index (χ4n) is 4.08. The molecule has 1 aliphatic heterocycles. The van der Waals surface area contributed by atoms with Crippen LogP contribution in [0.25, 0.3) is 10.2 Å². The van der Waals surface area contributed by atoms with Crippen LogP contribution in [-0.2, 0) is 29.0 Å². The molecule has 1 saturated heterocycles. The van der Waals surface area contributed by atoms with Crippen molar-refractivity contribution in [2.45, 2.75) is 57.5 Å². The zero-order valence-corrected chi connectivity index (χ0v) is 20.8. The van der Waals surface area contributed by atoms with Gasteiger partial charge in [0.05, 0.1) is 30.9 Å². The van der Waals surface area contributed by atoms with Gasteiger partial charge >= 0.3 is 0 Å². The van der Waals surface area contributed by atoms with Gasteiger partial charge < -0.3 is 14.8 Å². The molecule has 0 bridgehead atoms. The van der Waals surface area contributed by atoms with Gasteiger partial charge in [0, 0.05) is 18.0 Å². The molecule has 1 aromatic carbocycles. The zero-order chi connectivity index (χ0) is 23.4. The Kier molecular flexibility index (Phi) is 7.72. The molecule has 3 heterocycles. The Morgan fingerprint density at radius 1 is 1.42 bits per heavy atom. The van der Waals surface area contributed by atoms with E-state index in [1.807, 2.05) is 31.2 Å². The zero-order valence-electron chi connectivity index (χ0n) is 19.2. The Morgan fingerprint density at radius 3 is 3.00 bits per heavy atom. The minimum atomic E-state index is -0.113. The van der Waals surface area contributed by atoms with Crippen molar-refractivity contribution in [2.75, 3.05) is 19.5 Å². The van der Waals surface area contributed by atoms with Crippen LogP contribution >= 0.6 is 23.1 Å². The summed E-state index contributed by atoms with van der Waals surface area (Å²) in [6.45, 7) is 5.70. The van der Waals surface area contributed by atoms with Crippen molar-refractivity contribution >= 4 is 39.2 Å². The largest absolute Gasteiger partial charge is 0.497 e. The standard InChI is InChI=1S/C24H29N3O4S2/c1-4-19-15(2)33-22-21(19)23(29)27(13-18-9-6-10-31-18)24(26-22)32-14-20(28)25-12-16-7-5-8-17(11-16)30-3/h5,7-8,11,18H,4,6,9-10,12-14H2,1-3H3,(H,25,28). The van der Waals surface area contributed by atoms with E-state index < -0.39 is 0 Å². The molecule has 1 aliphatic rings. The number of methoxy groups -OCH3 is 1. The van der Waals surface area contributed by atoms with Gasteiger partial charge in [-0.15, -0.1) is 11.3 Å².